The van der Waals surface area contributed by atoms with Crippen molar-refractivity contribution < 1.29 is 4.79 Å². The van der Waals surface area contributed by atoms with Crippen LogP contribution in [0.15, 0.2) is 58.6 Å². The van der Waals surface area contributed by atoms with E-state index in [2.05, 4.69) is 88.0 Å². The maximum Gasteiger partial charge on any atom is 0.263 e. The molecule has 2 heterocycles. The van der Waals surface area contributed by atoms with Gasteiger partial charge in [-0.1, -0.05) is 26.8 Å². The van der Waals surface area contributed by atoms with E-state index in [4.69, 9.17) is 0 Å². The molecule has 202 valence electrons. The Morgan fingerprint density at radius 2 is 1.79 bits per heavy atom. The molecule has 4 nitrogen and oxygen atoms in total. The molecule has 0 saturated carbocycles. The molecule has 2 aromatic rings. The normalized spacial score (nSPS) is 18.9. The van der Waals surface area contributed by atoms with E-state index in [1.165, 1.54) is 39.1 Å². The molecule has 0 spiro atoms. The number of carbonyl (C=O) groups excluding carboxylic acids is 1. The standard InChI is InChI=1S/C33H43N3OS/c1-9-23-20-24(34-10-2)13-14-25(23)31(29-15-16-30(38-29)32(37)36(11-3)12-4)26-21-27-28(19-22(26)5)35(8)18-17-33(27,6)7/h13-16,19-21H,9-12,17-18H2,1-8H3/b31-25+,34-24?. The van der Waals surface area contributed by atoms with E-state index in [-0.39, 0.29) is 11.3 Å². The molecule has 0 bridgehead atoms. The van der Waals surface area contributed by atoms with Crippen LogP contribution < -0.4 is 4.90 Å². The number of carbonyl (C=O) groups is 1. The number of rotatable bonds is 7. The monoisotopic (exact) mass is 529 g/mol. The second-order valence-corrected chi connectivity index (χ2v) is 12.0. The topological polar surface area (TPSA) is 35.9 Å². The largest absolute Gasteiger partial charge is 0.374 e. The van der Waals surface area contributed by atoms with Gasteiger partial charge in [0.1, 0.15) is 0 Å². The Balaban J connectivity index is 1.98. The van der Waals surface area contributed by atoms with Crippen molar-refractivity contribution in [2.45, 2.75) is 66.7 Å². The van der Waals surface area contributed by atoms with Crippen molar-refractivity contribution in [1.29, 1.82) is 0 Å². The van der Waals surface area contributed by atoms with E-state index in [0.29, 0.717) is 13.1 Å². The SMILES string of the molecule is CCN=C1C=C/C(=C(\c2ccc(C(=O)N(CC)CC)s2)c2cc3c(cc2C)N(C)CCC3(C)C)C(CC)=C1. The van der Waals surface area contributed by atoms with Gasteiger partial charge in [0.15, 0.2) is 0 Å². The van der Waals surface area contributed by atoms with E-state index >= 15 is 0 Å². The Morgan fingerprint density at radius 3 is 2.45 bits per heavy atom. The molecule has 0 atom stereocenters. The van der Waals surface area contributed by atoms with Crippen molar-refractivity contribution in [3.05, 3.63) is 80.1 Å². The van der Waals surface area contributed by atoms with Crippen molar-refractivity contribution in [3.63, 3.8) is 0 Å². The lowest BCUT2D eigenvalue weighted by Crippen LogP contribution is -2.35. The van der Waals surface area contributed by atoms with Crippen LogP contribution in [0.3, 0.4) is 0 Å². The number of hydrogen-bond acceptors (Lipinski definition) is 4. The van der Waals surface area contributed by atoms with Gasteiger partial charge in [-0.25, -0.2) is 0 Å². The first kappa shape index (κ1) is 28.1. The highest BCUT2D eigenvalue weighted by Gasteiger charge is 2.32. The third kappa shape index (κ3) is 5.31. The van der Waals surface area contributed by atoms with Crippen molar-refractivity contribution in [2.75, 3.05) is 38.1 Å². The van der Waals surface area contributed by atoms with Crippen LogP contribution in [-0.4, -0.2) is 49.7 Å². The molecule has 5 heteroatoms. The molecule has 1 aromatic carbocycles. The van der Waals surface area contributed by atoms with Gasteiger partial charge in [0, 0.05) is 49.4 Å². The zero-order chi connectivity index (χ0) is 27.6. The van der Waals surface area contributed by atoms with Crippen LogP contribution in [0.25, 0.3) is 5.57 Å². The summed E-state index contributed by atoms with van der Waals surface area (Å²) >= 11 is 1.62. The number of aliphatic imine (C=N–C) groups is 1. The third-order valence-electron chi connectivity index (χ3n) is 8.02. The van der Waals surface area contributed by atoms with E-state index in [0.717, 1.165) is 41.4 Å². The highest BCUT2D eigenvalue weighted by molar-refractivity contribution is 7.15. The van der Waals surface area contributed by atoms with Crippen molar-refractivity contribution in [3.8, 4) is 0 Å². The lowest BCUT2D eigenvalue weighted by atomic mass is 9.75. The van der Waals surface area contributed by atoms with Gasteiger partial charge in [0.25, 0.3) is 5.91 Å². The van der Waals surface area contributed by atoms with Gasteiger partial charge in [0.2, 0.25) is 0 Å². The molecule has 0 radical (unpaired) electrons. The van der Waals surface area contributed by atoms with Gasteiger partial charge < -0.3 is 9.80 Å². The summed E-state index contributed by atoms with van der Waals surface area (Å²) in [6.45, 7) is 18.6. The minimum absolute atomic E-state index is 0.103. The fraction of sp³-hybridized carbons (Fsp3) is 0.455. The van der Waals surface area contributed by atoms with Crippen LogP contribution in [0.1, 0.15) is 85.6 Å². The number of fused-ring (bicyclic) bond motifs is 1. The molecule has 0 unspecified atom stereocenters. The molecule has 1 aliphatic heterocycles. The number of allylic oxidation sites excluding steroid dienone is 5. The zero-order valence-electron chi connectivity index (χ0n) is 24.4. The average Bonchev–Trinajstić information content (AvgIpc) is 3.38. The number of hydrogen-bond donors (Lipinski definition) is 0. The molecule has 1 aliphatic carbocycles. The highest BCUT2D eigenvalue weighted by atomic mass is 32.1. The van der Waals surface area contributed by atoms with Crippen LogP contribution in [0.2, 0.25) is 0 Å². The maximum absolute atomic E-state index is 13.2. The molecule has 1 amide bonds. The smallest absolute Gasteiger partial charge is 0.263 e. The van der Waals surface area contributed by atoms with Crippen LogP contribution in [0.5, 0.6) is 0 Å². The van der Waals surface area contributed by atoms with Crippen LogP contribution in [0.4, 0.5) is 5.69 Å². The Labute approximate surface area is 233 Å². The number of nitrogens with zero attached hydrogens (tertiary/aromatic N) is 3. The van der Waals surface area contributed by atoms with Gasteiger partial charge in [-0.2, -0.15) is 0 Å². The molecular formula is C33H43N3OS. The van der Waals surface area contributed by atoms with Gasteiger partial charge in [0.05, 0.1) is 10.6 Å². The van der Waals surface area contributed by atoms with Crippen molar-refractivity contribution in [2.24, 2.45) is 4.99 Å². The molecule has 4 rings (SSSR count). The molecular weight excluding hydrogens is 486 g/mol. The summed E-state index contributed by atoms with van der Waals surface area (Å²) in [7, 11) is 2.20. The molecule has 38 heavy (non-hydrogen) atoms. The molecule has 0 N–H and O–H groups in total. The number of thiophene rings is 1. The number of benzene rings is 1. The average molecular weight is 530 g/mol. The first-order valence-electron chi connectivity index (χ1n) is 14.1. The molecule has 2 aliphatic rings. The number of aryl methyl sites for hydroxylation is 1. The summed E-state index contributed by atoms with van der Waals surface area (Å²) in [6.07, 6.45) is 8.66. The van der Waals surface area contributed by atoms with Crippen LogP contribution in [-0.2, 0) is 5.41 Å². The third-order valence-corrected chi connectivity index (χ3v) is 9.11. The van der Waals surface area contributed by atoms with Crippen molar-refractivity contribution in [1.82, 2.24) is 4.90 Å². The minimum Gasteiger partial charge on any atom is -0.374 e. The van der Waals surface area contributed by atoms with E-state index < -0.39 is 0 Å². The molecule has 0 fully saturated rings. The Morgan fingerprint density at radius 1 is 1.08 bits per heavy atom. The van der Waals surface area contributed by atoms with Gasteiger partial charge in [-0.3, -0.25) is 9.79 Å². The summed E-state index contributed by atoms with van der Waals surface area (Å²) in [6, 6.07) is 8.97. The second kappa shape index (κ2) is 11.4. The highest BCUT2D eigenvalue weighted by Crippen LogP contribution is 2.45. The lowest BCUT2D eigenvalue weighted by molar-refractivity contribution is 0.0778. The summed E-state index contributed by atoms with van der Waals surface area (Å²) in [5.74, 6) is 0.114. The zero-order valence-corrected chi connectivity index (χ0v) is 25.3. The van der Waals surface area contributed by atoms with Crippen LogP contribution in [0, 0.1) is 6.92 Å². The Hall–Kier alpha value is -2.92. The summed E-state index contributed by atoms with van der Waals surface area (Å²) in [5, 5.41) is 0. The summed E-state index contributed by atoms with van der Waals surface area (Å²) < 4.78 is 0. The van der Waals surface area contributed by atoms with Gasteiger partial charge in [-0.15, -0.1) is 11.3 Å². The first-order chi connectivity index (χ1) is 18.1. The molecule has 1 aromatic heterocycles. The summed E-state index contributed by atoms with van der Waals surface area (Å²) in [5.41, 5.74) is 10.1. The van der Waals surface area contributed by atoms with Crippen LogP contribution >= 0.6 is 11.3 Å². The van der Waals surface area contributed by atoms with E-state index in [9.17, 15) is 4.79 Å². The number of amides is 1. The van der Waals surface area contributed by atoms with Gasteiger partial charge >= 0.3 is 0 Å². The van der Waals surface area contributed by atoms with E-state index in [1.54, 1.807) is 11.3 Å². The lowest BCUT2D eigenvalue weighted by Gasteiger charge is -2.39. The molecule has 0 saturated heterocycles. The Kier molecular flexibility index (Phi) is 8.46. The van der Waals surface area contributed by atoms with E-state index in [1.807, 2.05) is 24.8 Å². The second-order valence-electron chi connectivity index (χ2n) is 10.9. The maximum atomic E-state index is 13.2. The van der Waals surface area contributed by atoms with Crippen molar-refractivity contribution >= 4 is 34.2 Å². The fourth-order valence-corrected chi connectivity index (χ4v) is 6.63. The summed E-state index contributed by atoms with van der Waals surface area (Å²) in [4.78, 5) is 24.1. The Bertz CT molecular complexity index is 1330. The number of anilines is 1. The predicted molar refractivity (Wildman–Crippen MR) is 165 cm³/mol. The van der Waals surface area contributed by atoms with Gasteiger partial charge in [-0.05, 0) is 110 Å². The quantitative estimate of drug-likeness (QED) is 0.366. The predicted octanol–water partition coefficient (Wildman–Crippen LogP) is 7.83. The fourth-order valence-electron chi connectivity index (χ4n) is 5.58. The minimum atomic E-state index is 0.103. The first-order valence-corrected chi connectivity index (χ1v) is 14.9.